The predicted octanol–water partition coefficient (Wildman–Crippen LogP) is 4.67. The number of benzene rings is 2. The molecule has 1 aliphatic rings. The van der Waals surface area contributed by atoms with Crippen molar-refractivity contribution in [2.75, 3.05) is 44.4 Å². The third-order valence-electron chi connectivity index (χ3n) is 9.00. The lowest BCUT2D eigenvalue weighted by molar-refractivity contribution is -0.141. The topological polar surface area (TPSA) is 170 Å². The molecule has 0 fully saturated rings. The number of carbonyl (C=O) groups excluding carboxylic acids is 5. The van der Waals surface area contributed by atoms with Crippen molar-refractivity contribution in [3.8, 4) is 11.1 Å². The van der Waals surface area contributed by atoms with Crippen molar-refractivity contribution in [3.63, 3.8) is 0 Å². The molecule has 1 unspecified atom stereocenters. The highest BCUT2D eigenvalue weighted by Crippen LogP contribution is 2.41. The van der Waals surface area contributed by atoms with Gasteiger partial charge in [0.1, 0.15) is 24.9 Å². The molecule has 0 saturated carbocycles. The van der Waals surface area contributed by atoms with Gasteiger partial charge >= 0.3 is 6.09 Å². The minimum absolute atomic E-state index is 0.0283. The first-order valence-electron chi connectivity index (χ1n) is 18.3. The molecule has 2 heterocycles. The van der Waals surface area contributed by atoms with Crippen LogP contribution in [0, 0.1) is 17.0 Å². The van der Waals surface area contributed by atoms with E-state index in [1.54, 1.807) is 17.2 Å². The van der Waals surface area contributed by atoms with Crippen molar-refractivity contribution >= 4 is 47.4 Å². The number of hydrogen-bond donors (Lipinski definition) is 4. The van der Waals surface area contributed by atoms with E-state index in [0.29, 0.717) is 17.8 Å². The molecule has 0 saturated heterocycles. The number of imide groups is 1. The molecule has 2 atom stereocenters. The number of rotatable bonds is 20. The third-order valence-corrected chi connectivity index (χ3v) is 9.94. The molecule has 306 valence electrons. The summed E-state index contributed by atoms with van der Waals surface area (Å²) in [6, 6.07) is 12.5. The van der Waals surface area contributed by atoms with Crippen molar-refractivity contribution in [2.45, 2.75) is 52.2 Å². The zero-order valence-corrected chi connectivity index (χ0v) is 32.8. The number of nitrogens with one attached hydrogen (secondary N) is 3. The molecule has 0 spiro atoms. The molecule has 1 aromatic heterocycles. The van der Waals surface area contributed by atoms with E-state index < -0.39 is 66.2 Å². The summed E-state index contributed by atoms with van der Waals surface area (Å²) in [5, 5.41) is 16.6. The minimum Gasteiger partial charge on any atom is -0.465 e. The molecule has 2 aromatic carbocycles. The van der Waals surface area contributed by atoms with Gasteiger partial charge in [-0.1, -0.05) is 51.1 Å². The van der Waals surface area contributed by atoms with Crippen LogP contribution in [-0.4, -0.2) is 106 Å². The quantitative estimate of drug-likeness (QED) is 0.0943. The molecule has 6 amide bonds. The summed E-state index contributed by atoms with van der Waals surface area (Å²) in [4.78, 5) is 75.9. The lowest BCUT2D eigenvalue weighted by Crippen LogP contribution is -2.46. The van der Waals surface area contributed by atoms with E-state index in [4.69, 9.17) is 0 Å². The zero-order valence-electron chi connectivity index (χ0n) is 31.9. The molecule has 57 heavy (non-hydrogen) atoms. The van der Waals surface area contributed by atoms with E-state index in [1.165, 1.54) is 11.8 Å². The fourth-order valence-electron chi connectivity index (χ4n) is 6.35. The molecule has 3 aromatic rings. The van der Waals surface area contributed by atoms with Crippen molar-refractivity contribution in [1.29, 1.82) is 0 Å². The highest BCUT2D eigenvalue weighted by Gasteiger charge is 2.37. The maximum atomic E-state index is 15.1. The van der Waals surface area contributed by atoms with Crippen LogP contribution in [0.5, 0.6) is 0 Å². The number of aromatic nitrogens is 1. The minimum atomic E-state index is -1.41. The van der Waals surface area contributed by atoms with Crippen LogP contribution in [0.2, 0.25) is 0 Å². The van der Waals surface area contributed by atoms with E-state index in [-0.39, 0.29) is 61.4 Å². The molecule has 0 aliphatic carbocycles. The van der Waals surface area contributed by atoms with E-state index in [9.17, 15) is 42.7 Å². The van der Waals surface area contributed by atoms with E-state index in [1.807, 2.05) is 55.7 Å². The van der Waals surface area contributed by atoms with Crippen LogP contribution >= 0.6 is 11.8 Å². The van der Waals surface area contributed by atoms with Crippen molar-refractivity contribution in [1.82, 2.24) is 30.3 Å². The first kappa shape index (κ1) is 44.1. The third kappa shape index (κ3) is 13.0. The monoisotopic (exact) mass is 812 g/mol. The Labute approximate surface area is 333 Å². The lowest BCUT2D eigenvalue weighted by Gasteiger charge is -2.41. The first-order chi connectivity index (χ1) is 27.1. The Kier molecular flexibility index (Phi) is 15.9. The molecule has 0 radical (unpaired) electrons. The van der Waals surface area contributed by atoms with Crippen LogP contribution in [0.15, 0.2) is 72.9 Å². The smallest absolute Gasteiger partial charge is 0.404 e. The fraction of sp³-hybridized carbons (Fsp3) is 0.400. The summed E-state index contributed by atoms with van der Waals surface area (Å²) in [5.74, 6) is -3.56. The second-order valence-electron chi connectivity index (χ2n) is 14.4. The Morgan fingerprint density at radius 1 is 0.930 bits per heavy atom. The van der Waals surface area contributed by atoms with E-state index in [2.05, 4.69) is 16.0 Å². The molecule has 0 bridgehead atoms. The van der Waals surface area contributed by atoms with Crippen LogP contribution < -0.4 is 16.0 Å². The second kappa shape index (κ2) is 20.5. The number of carboxylic acid groups (broad SMARTS) is 1. The van der Waals surface area contributed by atoms with Crippen molar-refractivity contribution in [2.24, 2.45) is 5.41 Å². The molecule has 17 heteroatoms. The summed E-state index contributed by atoms with van der Waals surface area (Å²) in [5.41, 5.74) is 1.21. The number of alkyl halides is 1. The highest BCUT2D eigenvalue weighted by molar-refractivity contribution is 7.99. The number of carbonyl (C=O) groups is 6. The average molecular weight is 813 g/mol. The Balaban J connectivity index is 1.50. The lowest BCUT2D eigenvalue weighted by atomic mass is 9.82. The van der Waals surface area contributed by atoms with Crippen molar-refractivity contribution in [3.05, 3.63) is 95.8 Å². The molecule has 1 aliphatic heterocycles. The van der Waals surface area contributed by atoms with E-state index in [0.717, 1.165) is 40.8 Å². The molecule has 13 nitrogen and oxygen atoms in total. The van der Waals surface area contributed by atoms with Gasteiger partial charge in [0.05, 0.1) is 17.8 Å². The summed E-state index contributed by atoms with van der Waals surface area (Å²) in [6.45, 7) is 4.67. The second-order valence-corrected chi connectivity index (χ2v) is 15.5. The number of hydrogen-bond acceptors (Lipinski definition) is 7. The average Bonchev–Trinajstić information content (AvgIpc) is 3.70. The van der Waals surface area contributed by atoms with Gasteiger partial charge in [0.15, 0.2) is 0 Å². The number of amides is 6. The SMILES string of the molecule is CC(C)(C)[C@H](c1cc(-c2cc(F)ccc2F)cn1Cc1ccccc1)N(CCC(CF)NC(=O)O)C(=O)CSCCC(=O)NCCNC(=O)CN1C(=O)C=CC1=O. The van der Waals surface area contributed by atoms with Crippen LogP contribution in [0.3, 0.4) is 0 Å². The molecular formula is C40H47F3N6O7S. The largest absolute Gasteiger partial charge is 0.465 e. The summed E-state index contributed by atoms with van der Waals surface area (Å²) in [7, 11) is 0. The Hall–Kier alpha value is -5.58. The van der Waals surface area contributed by atoms with Gasteiger partial charge in [0.25, 0.3) is 11.8 Å². The summed E-state index contributed by atoms with van der Waals surface area (Å²) in [6.07, 6.45) is 2.41. The van der Waals surface area contributed by atoms with Gasteiger partial charge in [-0.2, -0.15) is 11.8 Å². The summed E-state index contributed by atoms with van der Waals surface area (Å²) < 4.78 is 45.4. The van der Waals surface area contributed by atoms with Crippen molar-refractivity contribution < 1.29 is 47.0 Å². The number of nitrogens with zero attached hydrogens (tertiary/aromatic N) is 3. The Bertz CT molecular complexity index is 1930. The fourth-order valence-corrected chi connectivity index (χ4v) is 7.17. The zero-order chi connectivity index (χ0) is 41.7. The normalized spacial score (nSPS) is 13.7. The maximum absolute atomic E-state index is 15.1. The molecule has 4 N–H and O–H groups in total. The highest BCUT2D eigenvalue weighted by atomic mass is 32.2. The molecular weight excluding hydrogens is 766 g/mol. The number of thioether (sulfide) groups is 1. The van der Waals surface area contributed by atoms with Gasteiger partial charge in [-0.3, -0.25) is 28.9 Å². The van der Waals surface area contributed by atoms with Gasteiger partial charge in [-0.25, -0.2) is 18.0 Å². The Morgan fingerprint density at radius 3 is 2.23 bits per heavy atom. The molecule has 4 rings (SSSR count). The van der Waals surface area contributed by atoms with Gasteiger partial charge in [0.2, 0.25) is 17.7 Å². The van der Waals surface area contributed by atoms with Crippen LogP contribution in [0.4, 0.5) is 18.0 Å². The van der Waals surface area contributed by atoms with Gasteiger partial charge in [0, 0.05) is 73.5 Å². The van der Waals surface area contributed by atoms with Gasteiger partial charge in [-0.05, 0) is 41.7 Å². The van der Waals surface area contributed by atoms with Crippen LogP contribution in [0.25, 0.3) is 11.1 Å². The summed E-state index contributed by atoms with van der Waals surface area (Å²) >= 11 is 1.19. The van der Waals surface area contributed by atoms with Gasteiger partial charge in [-0.15, -0.1) is 0 Å². The Morgan fingerprint density at radius 2 is 1.60 bits per heavy atom. The standard InChI is InChI=1S/C40H47F3N6O7S/c1-40(2,3)38(32-19-27(30-20-28(42)9-10-31(30)43)23-47(32)22-26-7-5-4-6-8-26)48(17-13-29(21-41)46-39(55)56)37(54)25-57-18-14-33(50)44-15-16-45-34(51)24-49-35(52)11-12-36(49)53/h4-12,19-20,23,29,38,46H,13-18,21-22,24-25H2,1-3H3,(H,44,50)(H,45,51)(H,55,56)/t29?,38-/m0/s1. The van der Waals surface area contributed by atoms with Gasteiger partial charge < -0.3 is 30.5 Å². The predicted molar refractivity (Wildman–Crippen MR) is 209 cm³/mol. The first-order valence-corrected chi connectivity index (χ1v) is 19.4. The van der Waals surface area contributed by atoms with Crippen LogP contribution in [-0.2, 0) is 30.5 Å². The van der Waals surface area contributed by atoms with E-state index >= 15 is 4.39 Å². The maximum Gasteiger partial charge on any atom is 0.404 e. The number of halogens is 3. The van der Waals surface area contributed by atoms with Crippen LogP contribution in [0.1, 0.15) is 50.9 Å².